The molecule has 4 rings (SSSR count). The highest BCUT2D eigenvalue weighted by atomic mass is 19.1. The lowest BCUT2D eigenvalue weighted by Gasteiger charge is -2.10. The van der Waals surface area contributed by atoms with E-state index in [9.17, 15) is 9.18 Å². The molecule has 1 atom stereocenters. The van der Waals surface area contributed by atoms with E-state index in [0.717, 1.165) is 16.9 Å². The molecule has 0 radical (unpaired) electrons. The van der Waals surface area contributed by atoms with E-state index in [4.69, 9.17) is 0 Å². The molecule has 0 saturated carbocycles. The largest absolute Gasteiger partial charge is 0.369 e. The first kappa shape index (κ1) is 16.2. The third-order valence-corrected chi connectivity index (χ3v) is 4.44. The quantitative estimate of drug-likeness (QED) is 0.690. The molecule has 1 aromatic carbocycles. The van der Waals surface area contributed by atoms with Crippen LogP contribution in [0.4, 0.5) is 16.0 Å². The standard InChI is InChI=1S/C20H17FN4O/c21-15-6-3-13(4-7-15)10-23-18-8-5-14(11-24-18)19(26)17-12-25-20-16(17)2-1-9-22-20/h1-9,11,17H,10,12H2,(H,22,25)(H,23,24). The normalized spacial score (nSPS) is 15.2. The van der Waals surface area contributed by atoms with Gasteiger partial charge in [-0.3, -0.25) is 4.79 Å². The number of halogens is 1. The van der Waals surface area contributed by atoms with Crippen molar-refractivity contribution in [2.24, 2.45) is 0 Å². The number of Topliss-reactive ketones (excluding diaryl/α,β-unsaturated/α-hetero) is 1. The number of hydrogen-bond donors (Lipinski definition) is 2. The molecule has 0 spiro atoms. The van der Waals surface area contributed by atoms with Crippen LogP contribution in [0.5, 0.6) is 0 Å². The summed E-state index contributed by atoms with van der Waals surface area (Å²) in [6.07, 6.45) is 3.30. The molecule has 6 heteroatoms. The first-order valence-corrected chi connectivity index (χ1v) is 8.38. The minimum absolute atomic E-state index is 0.0295. The van der Waals surface area contributed by atoms with Crippen LogP contribution < -0.4 is 10.6 Å². The molecule has 1 unspecified atom stereocenters. The summed E-state index contributed by atoms with van der Waals surface area (Å²) in [6.45, 7) is 1.09. The summed E-state index contributed by atoms with van der Waals surface area (Å²) in [7, 11) is 0. The Morgan fingerprint density at radius 2 is 2.00 bits per heavy atom. The number of carbonyl (C=O) groups excluding carboxylic acids is 1. The Balaban J connectivity index is 1.43. The minimum Gasteiger partial charge on any atom is -0.369 e. The van der Waals surface area contributed by atoms with Gasteiger partial charge >= 0.3 is 0 Å². The van der Waals surface area contributed by atoms with E-state index in [2.05, 4.69) is 20.6 Å². The fourth-order valence-electron chi connectivity index (χ4n) is 3.03. The summed E-state index contributed by atoms with van der Waals surface area (Å²) < 4.78 is 12.9. The molecule has 2 aromatic heterocycles. The predicted molar refractivity (Wildman–Crippen MR) is 97.8 cm³/mol. The number of fused-ring (bicyclic) bond motifs is 1. The van der Waals surface area contributed by atoms with Crippen LogP contribution in [-0.2, 0) is 6.54 Å². The van der Waals surface area contributed by atoms with Crippen LogP contribution in [0.3, 0.4) is 0 Å². The van der Waals surface area contributed by atoms with Crippen molar-refractivity contribution in [2.75, 3.05) is 17.2 Å². The lowest BCUT2D eigenvalue weighted by Crippen LogP contribution is -2.15. The van der Waals surface area contributed by atoms with Crippen LogP contribution in [0.1, 0.15) is 27.4 Å². The van der Waals surface area contributed by atoms with Crippen molar-refractivity contribution in [1.29, 1.82) is 0 Å². The lowest BCUT2D eigenvalue weighted by molar-refractivity contribution is 0.0966. The first-order valence-electron chi connectivity index (χ1n) is 8.38. The lowest BCUT2D eigenvalue weighted by atomic mass is 9.94. The highest BCUT2D eigenvalue weighted by Gasteiger charge is 2.29. The Morgan fingerprint density at radius 3 is 2.77 bits per heavy atom. The molecule has 0 amide bonds. The van der Waals surface area contributed by atoms with Gasteiger partial charge in [-0.1, -0.05) is 18.2 Å². The van der Waals surface area contributed by atoms with Crippen LogP contribution >= 0.6 is 0 Å². The van der Waals surface area contributed by atoms with Crippen molar-refractivity contribution in [2.45, 2.75) is 12.5 Å². The fraction of sp³-hybridized carbons (Fsp3) is 0.150. The maximum atomic E-state index is 12.9. The molecule has 3 heterocycles. The van der Waals surface area contributed by atoms with Crippen LogP contribution in [0, 0.1) is 5.82 Å². The zero-order chi connectivity index (χ0) is 17.9. The first-order chi connectivity index (χ1) is 12.7. The van der Waals surface area contributed by atoms with Crippen molar-refractivity contribution < 1.29 is 9.18 Å². The summed E-state index contributed by atoms with van der Waals surface area (Å²) in [6, 6.07) is 13.6. The second-order valence-corrected chi connectivity index (χ2v) is 6.15. The number of aromatic nitrogens is 2. The van der Waals surface area contributed by atoms with E-state index in [1.807, 2.05) is 12.1 Å². The van der Waals surface area contributed by atoms with E-state index in [0.29, 0.717) is 24.5 Å². The Morgan fingerprint density at radius 1 is 1.15 bits per heavy atom. The number of ketones is 1. The summed E-state index contributed by atoms with van der Waals surface area (Å²) in [5.74, 6) is 0.974. The van der Waals surface area contributed by atoms with E-state index in [1.165, 1.54) is 12.1 Å². The summed E-state index contributed by atoms with van der Waals surface area (Å²) in [5, 5.41) is 6.33. The molecule has 1 aliphatic heterocycles. The van der Waals surface area contributed by atoms with E-state index in [-0.39, 0.29) is 17.5 Å². The molecule has 130 valence electrons. The van der Waals surface area contributed by atoms with Gasteiger partial charge in [0.25, 0.3) is 0 Å². The number of carbonyl (C=O) groups is 1. The maximum Gasteiger partial charge on any atom is 0.173 e. The van der Waals surface area contributed by atoms with Gasteiger partial charge in [0.15, 0.2) is 5.78 Å². The van der Waals surface area contributed by atoms with Gasteiger partial charge in [0.05, 0.1) is 5.92 Å². The molecule has 0 fully saturated rings. The molecule has 2 N–H and O–H groups in total. The molecule has 0 saturated heterocycles. The second kappa shape index (κ2) is 6.92. The zero-order valence-electron chi connectivity index (χ0n) is 13.9. The second-order valence-electron chi connectivity index (χ2n) is 6.15. The Hall–Kier alpha value is -3.28. The van der Waals surface area contributed by atoms with Gasteiger partial charge in [-0.25, -0.2) is 14.4 Å². The van der Waals surface area contributed by atoms with E-state index < -0.39 is 0 Å². The number of rotatable bonds is 5. The van der Waals surface area contributed by atoms with Crippen molar-refractivity contribution >= 4 is 17.4 Å². The average molecular weight is 348 g/mol. The third-order valence-electron chi connectivity index (χ3n) is 4.44. The fourth-order valence-corrected chi connectivity index (χ4v) is 3.03. The number of nitrogens with one attached hydrogen (secondary N) is 2. The van der Waals surface area contributed by atoms with E-state index in [1.54, 1.807) is 36.7 Å². The van der Waals surface area contributed by atoms with Crippen molar-refractivity contribution in [3.05, 3.63) is 83.4 Å². The molecule has 3 aromatic rings. The van der Waals surface area contributed by atoms with Crippen molar-refractivity contribution in [3.8, 4) is 0 Å². The topological polar surface area (TPSA) is 66.9 Å². The van der Waals surface area contributed by atoms with Crippen LogP contribution in [0.25, 0.3) is 0 Å². The van der Waals surface area contributed by atoms with Crippen LogP contribution in [-0.4, -0.2) is 22.3 Å². The SMILES string of the molecule is O=C(c1ccc(NCc2ccc(F)cc2)nc1)C1CNc2ncccc21. The van der Waals surface area contributed by atoms with Gasteiger partial charge < -0.3 is 10.6 Å². The van der Waals surface area contributed by atoms with Crippen molar-refractivity contribution in [1.82, 2.24) is 9.97 Å². The van der Waals surface area contributed by atoms with E-state index >= 15 is 0 Å². The van der Waals surface area contributed by atoms with Gasteiger partial charge in [-0.05, 0) is 35.9 Å². The Bertz CT molecular complexity index is 925. The number of hydrogen-bond acceptors (Lipinski definition) is 5. The Kier molecular flexibility index (Phi) is 4.31. The molecular weight excluding hydrogens is 331 g/mol. The van der Waals surface area contributed by atoms with Crippen molar-refractivity contribution in [3.63, 3.8) is 0 Å². The maximum absolute atomic E-state index is 12.9. The highest BCUT2D eigenvalue weighted by molar-refractivity contribution is 6.02. The smallest absolute Gasteiger partial charge is 0.173 e. The number of nitrogens with zero attached hydrogens (tertiary/aromatic N) is 2. The Labute approximate surface area is 150 Å². The molecule has 1 aliphatic rings. The minimum atomic E-state index is -0.257. The number of benzene rings is 1. The number of pyridine rings is 2. The van der Waals surface area contributed by atoms with Gasteiger partial charge in [0.1, 0.15) is 17.5 Å². The molecule has 0 aliphatic carbocycles. The van der Waals surface area contributed by atoms with Gasteiger partial charge in [-0.15, -0.1) is 0 Å². The predicted octanol–water partition coefficient (Wildman–Crippen LogP) is 3.62. The summed E-state index contributed by atoms with van der Waals surface area (Å²) in [5.41, 5.74) is 2.45. The number of anilines is 2. The summed E-state index contributed by atoms with van der Waals surface area (Å²) >= 11 is 0. The van der Waals surface area contributed by atoms with Gasteiger partial charge in [0.2, 0.25) is 0 Å². The molecule has 5 nitrogen and oxygen atoms in total. The van der Waals surface area contributed by atoms with Gasteiger partial charge in [0, 0.05) is 36.6 Å². The molecule has 26 heavy (non-hydrogen) atoms. The third kappa shape index (κ3) is 3.26. The molecule has 0 bridgehead atoms. The average Bonchev–Trinajstić information content (AvgIpc) is 3.11. The summed E-state index contributed by atoms with van der Waals surface area (Å²) in [4.78, 5) is 21.3. The molecular formula is C20H17FN4O. The van der Waals surface area contributed by atoms with Crippen LogP contribution in [0.2, 0.25) is 0 Å². The van der Waals surface area contributed by atoms with Gasteiger partial charge in [-0.2, -0.15) is 0 Å². The zero-order valence-corrected chi connectivity index (χ0v) is 13.9. The highest BCUT2D eigenvalue weighted by Crippen LogP contribution is 2.31. The monoisotopic (exact) mass is 348 g/mol. The van der Waals surface area contributed by atoms with Crippen LogP contribution in [0.15, 0.2) is 60.9 Å².